The molecule has 0 radical (unpaired) electrons. The van der Waals surface area contributed by atoms with Crippen molar-refractivity contribution in [2.24, 2.45) is 0 Å². The van der Waals surface area contributed by atoms with E-state index in [1.165, 1.54) is 12.1 Å². The zero-order chi connectivity index (χ0) is 17.6. The van der Waals surface area contributed by atoms with Crippen LogP contribution in [-0.4, -0.2) is 19.9 Å². The van der Waals surface area contributed by atoms with E-state index in [4.69, 9.17) is 0 Å². The molecule has 1 heterocycles. The fourth-order valence-corrected chi connectivity index (χ4v) is 2.41. The monoisotopic (exact) mass is 331 g/mol. The largest absolute Gasteiger partial charge is 0.594 e. The average molecular weight is 331 g/mol. The molecule has 0 fully saturated rings. The highest BCUT2D eigenvalue weighted by Crippen LogP contribution is 2.36. The van der Waals surface area contributed by atoms with E-state index in [2.05, 4.69) is 5.10 Å². The van der Waals surface area contributed by atoms with Gasteiger partial charge in [0.05, 0.1) is 20.8 Å². The van der Waals surface area contributed by atoms with Gasteiger partial charge in [-0.3, -0.25) is 30.3 Å². The number of nitro benzene ring substituents is 3. The van der Waals surface area contributed by atoms with Crippen molar-refractivity contribution in [3.8, 4) is 0 Å². The molecule has 2 aromatic carbocycles. The first-order chi connectivity index (χ1) is 11.3. The van der Waals surface area contributed by atoms with Crippen molar-refractivity contribution in [1.29, 1.82) is 0 Å². The average Bonchev–Trinajstić information content (AvgIpc) is 2.53. The summed E-state index contributed by atoms with van der Waals surface area (Å²) in [5, 5.41) is 48.4. The first-order valence-corrected chi connectivity index (χ1v) is 6.24. The van der Waals surface area contributed by atoms with Crippen LogP contribution < -0.4 is 4.85 Å². The molecule has 12 heteroatoms. The number of rotatable bonds is 3. The lowest BCUT2D eigenvalue weighted by atomic mass is 10.1. The van der Waals surface area contributed by atoms with Crippen molar-refractivity contribution >= 4 is 38.9 Å². The minimum Gasteiger partial charge on any atom is -0.594 e. The Hall–Kier alpha value is -3.96. The summed E-state index contributed by atoms with van der Waals surface area (Å²) in [6.45, 7) is 0. The summed E-state index contributed by atoms with van der Waals surface area (Å²) in [5.74, 6) is 0. The molecule has 0 aliphatic carbocycles. The van der Waals surface area contributed by atoms with E-state index in [-0.39, 0.29) is 21.1 Å². The van der Waals surface area contributed by atoms with Gasteiger partial charge in [0, 0.05) is 28.7 Å². The molecule has 0 aliphatic heterocycles. The minimum atomic E-state index is -0.942. The van der Waals surface area contributed by atoms with Crippen molar-refractivity contribution in [3.63, 3.8) is 0 Å². The van der Waals surface area contributed by atoms with Crippen LogP contribution in [0.15, 0.2) is 30.3 Å². The van der Waals surface area contributed by atoms with Crippen LogP contribution in [0.2, 0.25) is 0 Å². The molecule has 3 rings (SSSR count). The third-order valence-electron chi connectivity index (χ3n) is 3.37. The summed E-state index contributed by atoms with van der Waals surface area (Å²) in [5.41, 5.74) is -2.64. The van der Waals surface area contributed by atoms with E-state index in [1.54, 1.807) is 0 Å². The number of non-ortho nitro benzene ring substituents is 3. The van der Waals surface area contributed by atoms with Crippen molar-refractivity contribution < 1.29 is 19.6 Å². The highest BCUT2D eigenvalue weighted by molar-refractivity contribution is 6.10. The Kier molecular flexibility index (Phi) is 3.14. The fourth-order valence-electron chi connectivity index (χ4n) is 2.41. The van der Waals surface area contributed by atoms with Gasteiger partial charge in [0.15, 0.2) is 0 Å². The standard InChI is InChI=1S/C12H5N5O7/c18-14-8-2-1-3-9(16(21)22)11(8)7-4-6(15(19)20)5-10(17(23)24)12(7)13-14/h1-5H. The SMILES string of the molecule is O=[N+]([O-])c1cc([N+](=O)[O-])c2n[n+]([O-])c3cccc([N+](=O)[O-])c3c2c1. The Morgan fingerprint density at radius 3 is 2.17 bits per heavy atom. The Balaban J connectivity index is 2.66. The van der Waals surface area contributed by atoms with Crippen molar-refractivity contribution in [2.75, 3.05) is 0 Å². The molecule has 0 saturated heterocycles. The van der Waals surface area contributed by atoms with Gasteiger partial charge >= 0.3 is 5.69 Å². The van der Waals surface area contributed by atoms with Crippen LogP contribution in [0.25, 0.3) is 21.8 Å². The quantitative estimate of drug-likeness (QED) is 0.229. The Morgan fingerprint density at radius 2 is 1.58 bits per heavy atom. The molecular weight excluding hydrogens is 326 g/mol. The fraction of sp³-hybridized carbons (Fsp3) is 0. The number of nitro groups is 3. The van der Waals surface area contributed by atoms with Crippen LogP contribution in [0, 0.1) is 35.6 Å². The van der Waals surface area contributed by atoms with Gasteiger partial charge < -0.3 is 5.21 Å². The second kappa shape index (κ2) is 5.05. The second-order valence-electron chi connectivity index (χ2n) is 4.68. The van der Waals surface area contributed by atoms with Crippen LogP contribution in [0.3, 0.4) is 0 Å². The zero-order valence-corrected chi connectivity index (χ0v) is 11.5. The molecule has 0 bridgehead atoms. The van der Waals surface area contributed by atoms with E-state index in [1.807, 2.05) is 0 Å². The predicted molar refractivity (Wildman–Crippen MR) is 78.2 cm³/mol. The van der Waals surface area contributed by atoms with Crippen LogP contribution >= 0.6 is 0 Å². The van der Waals surface area contributed by atoms with Crippen LogP contribution in [-0.2, 0) is 0 Å². The summed E-state index contributed by atoms with van der Waals surface area (Å²) >= 11 is 0. The van der Waals surface area contributed by atoms with Crippen LogP contribution in [0.4, 0.5) is 17.1 Å². The highest BCUT2D eigenvalue weighted by Gasteiger charge is 2.29. The molecule has 0 atom stereocenters. The molecule has 3 aromatic rings. The summed E-state index contributed by atoms with van der Waals surface area (Å²) < 4.78 is 0. The highest BCUT2D eigenvalue weighted by atomic mass is 16.6. The van der Waals surface area contributed by atoms with Crippen molar-refractivity contribution in [3.05, 3.63) is 65.9 Å². The first kappa shape index (κ1) is 15.0. The van der Waals surface area contributed by atoms with E-state index in [0.29, 0.717) is 6.07 Å². The van der Waals surface area contributed by atoms with Gasteiger partial charge in [0.1, 0.15) is 5.39 Å². The van der Waals surface area contributed by atoms with Crippen LogP contribution in [0.5, 0.6) is 0 Å². The minimum absolute atomic E-state index is 0.0174. The normalized spacial score (nSPS) is 10.8. The third-order valence-corrected chi connectivity index (χ3v) is 3.37. The maximum atomic E-state index is 12.0. The Bertz CT molecular complexity index is 1060. The zero-order valence-electron chi connectivity index (χ0n) is 11.5. The molecule has 0 unspecified atom stereocenters. The van der Waals surface area contributed by atoms with Gasteiger partial charge in [0.2, 0.25) is 5.52 Å². The molecular formula is C12H5N5O7. The number of hydrogen-bond donors (Lipinski definition) is 0. The second-order valence-corrected chi connectivity index (χ2v) is 4.68. The first-order valence-electron chi connectivity index (χ1n) is 6.24. The predicted octanol–water partition coefficient (Wildman–Crippen LogP) is 1.75. The van der Waals surface area contributed by atoms with Gasteiger partial charge in [-0.1, -0.05) is 0 Å². The number of fused-ring (bicyclic) bond motifs is 3. The molecule has 120 valence electrons. The maximum absolute atomic E-state index is 12.0. The Labute approximate surface area is 130 Å². The van der Waals surface area contributed by atoms with Gasteiger partial charge in [-0.2, -0.15) is 0 Å². The molecule has 12 nitrogen and oxygen atoms in total. The summed E-state index contributed by atoms with van der Waals surface area (Å²) in [6, 6.07) is 5.13. The van der Waals surface area contributed by atoms with Gasteiger partial charge in [-0.15, -0.1) is 0 Å². The van der Waals surface area contributed by atoms with Crippen molar-refractivity contribution in [1.82, 2.24) is 5.10 Å². The molecule has 0 aliphatic rings. The van der Waals surface area contributed by atoms with E-state index < -0.39 is 37.3 Å². The maximum Gasteiger partial charge on any atom is 0.308 e. The van der Waals surface area contributed by atoms with E-state index in [0.717, 1.165) is 12.1 Å². The van der Waals surface area contributed by atoms with Gasteiger partial charge in [-0.25, -0.2) is 0 Å². The van der Waals surface area contributed by atoms with Crippen molar-refractivity contribution in [2.45, 2.75) is 0 Å². The molecule has 24 heavy (non-hydrogen) atoms. The van der Waals surface area contributed by atoms with E-state index >= 15 is 0 Å². The topological polar surface area (TPSA) is 169 Å². The van der Waals surface area contributed by atoms with Crippen LogP contribution in [0.1, 0.15) is 0 Å². The van der Waals surface area contributed by atoms with E-state index in [9.17, 15) is 35.6 Å². The number of benzene rings is 2. The molecule has 0 amide bonds. The smallest absolute Gasteiger partial charge is 0.308 e. The molecule has 1 aromatic heterocycles. The summed E-state index contributed by atoms with van der Waals surface area (Å²) in [7, 11) is 0. The summed E-state index contributed by atoms with van der Waals surface area (Å²) in [4.78, 5) is 30.8. The molecule has 0 saturated carbocycles. The number of hydrogen-bond acceptors (Lipinski definition) is 8. The molecule has 0 spiro atoms. The van der Waals surface area contributed by atoms with Gasteiger partial charge in [0.25, 0.3) is 16.9 Å². The van der Waals surface area contributed by atoms with Gasteiger partial charge in [-0.05, 0) is 10.9 Å². The Morgan fingerprint density at radius 1 is 0.917 bits per heavy atom. The molecule has 0 N–H and O–H groups in total. The lowest BCUT2D eigenvalue weighted by molar-refractivity contribution is -0.640. The summed E-state index contributed by atoms with van der Waals surface area (Å²) in [6.07, 6.45) is 0. The number of aromatic nitrogens is 2. The number of nitrogens with zero attached hydrogens (tertiary/aromatic N) is 5. The third kappa shape index (κ3) is 2.09. The lowest BCUT2D eigenvalue weighted by Gasteiger charge is -2.04. The lowest BCUT2D eigenvalue weighted by Crippen LogP contribution is -2.32.